The molecule has 0 radical (unpaired) electrons. The fraction of sp³-hybridized carbons (Fsp3) is 0.455. The van der Waals surface area contributed by atoms with Crippen LogP contribution in [0.2, 0.25) is 15.1 Å². The summed E-state index contributed by atoms with van der Waals surface area (Å²) >= 11 is 17.9. The van der Waals surface area contributed by atoms with Gasteiger partial charge in [0, 0.05) is 34.2 Å². The standard InChI is InChI=1S/2C25H30ClFN4O4.C13H17N3O5.C12H15ClFN.2CH4/c2*1-14-6-7-20(16-9-17(26)11-18(27)10-16)31(13-14)23(33)22(32)29-19-8-15(2)21(28-12-19)30-24(34)35-25(3,4)5;1-7-5-8(15-10(17)11(18)19)6-14-9(7)16-12(20)21-13(2,3)4;1-8-2-3-12(15-7-8)9-4-10(13)6-11(14)5-9;;/h2*8-12,14,20H,6-7,13H2,1-5H3,(H,29,32)(H,28,30,34);5-6H,1-4H3,(H,15,17)(H,18,19)(H,14,16,20);4-6,8,12,15H,2-3,7H2,1H3;2*1H4/t14-,20+;;;;;/m1...../s1. The van der Waals surface area contributed by atoms with E-state index in [0.29, 0.717) is 76.1 Å². The van der Waals surface area contributed by atoms with Gasteiger partial charge in [-0.1, -0.05) is 70.4 Å². The molecule has 0 spiro atoms. The second-order valence-electron chi connectivity index (χ2n) is 29.3. The summed E-state index contributed by atoms with van der Waals surface area (Å²) < 4.78 is 56.6. The Bertz CT molecular complexity index is 3970. The molecule has 6 atom stereocenters. The number of pyridine rings is 3. The van der Waals surface area contributed by atoms with Gasteiger partial charge in [0.05, 0.1) is 47.7 Å². The Morgan fingerprint density at radius 2 is 0.750 bits per heavy atom. The fourth-order valence-electron chi connectivity index (χ4n) is 11.4. The van der Waals surface area contributed by atoms with Crippen molar-refractivity contribution in [3.05, 3.63) is 157 Å². The number of carboxylic acids is 1. The van der Waals surface area contributed by atoms with Crippen LogP contribution < -0.4 is 37.2 Å². The van der Waals surface area contributed by atoms with Crippen LogP contribution in [0.25, 0.3) is 0 Å². The van der Waals surface area contributed by atoms with Crippen molar-refractivity contribution in [2.45, 2.75) is 192 Å². The Balaban J connectivity index is 0.000000317. The molecule has 3 aliphatic heterocycles. The molecule has 0 aliphatic carbocycles. The van der Waals surface area contributed by atoms with Gasteiger partial charge < -0.3 is 50.4 Å². The molecule has 6 aromatic rings. The highest BCUT2D eigenvalue weighted by Gasteiger charge is 2.37. The summed E-state index contributed by atoms with van der Waals surface area (Å²) in [5.74, 6) is -5.22. The number of aromatic nitrogens is 3. The molecule has 25 nitrogen and oxygen atoms in total. The lowest BCUT2D eigenvalue weighted by Gasteiger charge is -2.38. The number of aliphatic carboxylic acids is 1. The molecule has 0 bridgehead atoms. The summed E-state index contributed by atoms with van der Waals surface area (Å²) in [5, 5.41) is 27.7. The van der Waals surface area contributed by atoms with Crippen LogP contribution in [0.1, 0.15) is 188 Å². The van der Waals surface area contributed by atoms with E-state index < -0.39 is 94.3 Å². The molecule has 108 heavy (non-hydrogen) atoms. The first-order valence-corrected chi connectivity index (χ1v) is 35.3. The molecule has 6 heterocycles. The zero-order chi connectivity index (χ0) is 78.9. The van der Waals surface area contributed by atoms with E-state index in [9.17, 15) is 56.3 Å². The second-order valence-corrected chi connectivity index (χ2v) is 30.6. The summed E-state index contributed by atoms with van der Waals surface area (Å²) in [5.41, 5.74) is 2.62. The lowest BCUT2D eigenvalue weighted by molar-refractivity contribution is -0.147. The van der Waals surface area contributed by atoms with Crippen molar-refractivity contribution in [3.8, 4) is 0 Å². The minimum absolute atomic E-state index is 0. The Kier molecular flexibility index (Phi) is 33.6. The molecular weight excluding hydrogens is 1460 g/mol. The third kappa shape index (κ3) is 29.5. The maximum atomic E-state index is 14.0. The van der Waals surface area contributed by atoms with E-state index in [-0.39, 0.29) is 71.7 Å². The summed E-state index contributed by atoms with van der Waals surface area (Å²) in [4.78, 5) is 124. The normalized spacial score (nSPS) is 17.5. The topological polar surface area (TPSA) is 331 Å². The molecular formula is C77H100Cl3F3N12O13. The predicted octanol–water partition coefficient (Wildman–Crippen LogP) is 17.5. The zero-order valence-corrected chi connectivity index (χ0v) is 64.1. The number of aryl methyl sites for hydroxylation is 3. The largest absolute Gasteiger partial charge is 0.474 e. The number of carbonyl (C=O) groups is 9. The molecule has 31 heteroatoms. The van der Waals surface area contributed by atoms with Crippen molar-refractivity contribution in [1.82, 2.24) is 30.1 Å². The second kappa shape index (κ2) is 40.0. The summed E-state index contributed by atoms with van der Waals surface area (Å²) in [6, 6.07) is 17.1. The highest BCUT2D eigenvalue weighted by atomic mass is 35.5. The van der Waals surface area contributed by atoms with Gasteiger partial charge in [0.1, 0.15) is 51.7 Å². The van der Waals surface area contributed by atoms with Gasteiger partial charge in [-0.15, -0.1) is 0 Å². The van der Waals surface area contributed by atoms with Crippen molar-refractivity contribution in [2.24, 2.45) is 17.8 Å². The molecule has 588 valence electrons. The van der Waals surface area contributed by atoms with Crippen molar-refractivity contribution < 1.29 is 75.6 Å². The SMILES string of the molecule is C.C.CC1CCC(c2cc(F)cc(Cl)c2)NC1.Cc1cc(NC(=O)C(=O)N2CC(C)CCC2c2cc(F)cc(Cl)c2)cnc1NC(=O)OC(C)(C)C.Cc1cc(NC(=O)C(=O)N2C[C@H](C)CC[C@H]2c2cc(F)cc(Cl)c2)cnc1NC(=O)OC(C)(C)C.Cc1cc(NC(=O)C(=O)O)cnc1NC(=O)OC(C)(C)C. The maximum Gasteiger partial charge on any atom is 0.413 e. The predicted molar refractivity (Wildman–Crippen MR) is 413 cm³/mol. The average Bonchev–Trinajstić information content (AvgIpc) is 0.804. The number of hydrogen-bond donors (Lipinski definition) is 8. The Morgan fingerprint density at radius 3 is 1.04 bits per heavy atom. The zero-order valence-electron chi connectivity index (χ0n) is 61.8. The number of halogens is 6. The van der Waals surface area contributed by atoms with E-state index in [4.69, 9.17) is 54.1 Å². The third-order valence-electron chi connectivity index (χ3n) is 16.1. The molecule has 9 rings (SSSR count). The van der Waals surface area contributed by atoms with Gasteiger partial charge in [0.2, 0.25) is 0 Å². The van der Waals surface area contributed by atoms with Crippen LogP contribution in [0.5, 0.6) is 0 Å². The molecule has 0 saturated carbocycles. The van der Waals surface area contributed by atoms with Gasteiger partial charge in [-0.25, -0.2) is 47.3 Å². The number of hydrogen-bond acceptors (Lipinski definition) is 16. The Morgan fingerprint density at radius 1 is 0.444 bits per heavy atom. The third-order valence-corrected chi connectivity index (χ3v) is 16.7. The number of amides is 8. The van der Waals surface area contributed by atoms with Gasteiger partial charge in [-0.2, -0.15) is 0 Å². The molecule has 3 aromatic carbocycles. The van der Waals surface area contributed by atoms with E-state index in [2.05, 4.69) is 59.1 Å². The monoisotopic (exact) mass is 1560 g/mol. The lowest BCUT2D eigenvalue weighted by atomic mass is 9.89. The van der Waals surface area contributed by atoms with Crippen LogP contribution in [0.15, 0.2) is 91.4 Å². The van der Waals surface area contributed by atoms with Crippen LogP contribution in [0.3, 0.4) is 0 Å². The van der Waals surface area contributed by atoms with Crippen molar-refractivity contribution >= 4 is 123 Å². The molecule has 3 aliphatic rings. The Labute approximate surface area is 644 Å². The van der Waals surface area contributed by atoms with Gasteiger partial charge in [-0.05, 0) is 252 Å². The van der Waals surface area contributed by atoms with Crippen LogP contribution >= 0.6 is 34.8 Å². The number of carboxylic acid groups (broad SMARTS) is 1. The van der Waals surface area contributed by atoms with Crippen molar-refractivity contribution in [2.75, 3.05) is 51.5 Å². The van der Waals surface area contributed by atoms with Gasteiger partial charge in [0.25, 0.3) is 0 Å². The van der Waals surface area contributed by atoms with Crippen LogP contribution in [0.4, 0.5) is 62.1 Å². The van der Waals surface area contributed by atoms with E-state index in [1.165, 1.54) is 71.2 Å². The number of nitrogens with zero attached hydrogens (tertiary/aromatic N) is 5. The fourth-order valence-corrected chi connectivity index (χ4v) is 12.1. The number of benzene rings is 3. The number of likely N-dealkylation sites (tertiary alicyclic amines) is 2. The van der Waals surface area contributed by atoms with Crippen molar-refractivity contribution in [1.29, 1.82) is 0 Å². The average molecular weight is 1570 g/mol. The summed E-state index contributed by atoms with van der Waals surface area (Å²) in [6.07, 6.45) is 7.05. The quantitative estimate of drug-likeness (QED) is 0.0492. The van der Waals surface area contributed by atoms with Gasteiger partial charge in [0.15, 0.2) is 0 Å². The van der Waals surface area contributed by atoms with Gasteiger partial charge >= 0.3 is 53.8 Å². The smallest absolute Gasteiger partial charge is 0.413 e. The van der Waals surface area contributed by atoms with E-state index in [1.807, 2.05) is 19.9 Å². The van der Waals surface area contributed by atoms with Crippen LogP contribution in [-0.4, -0.2) is 120 Å². The van der Waals surface area contributed by atoms with Crippen molar-refractivity contribution in [3.63, 3.8) is 0 Å². The molecule has 4 unspecified atom stereocenters. The minimum atomic E-state index is -1.59. The number of nitrogens with one attached hydrogen (secondary N) is 7. The van der Waals surface area contributed by atoms with Crippen LogP contribution in [-0.2, 0) is 43.0 Å². The minimum Gasteiger partial charge on any atom is -0.474 e. The number of rotatable bonds is 9. The molecule has 3 fully saturated rings. The molecule has 8 amide bonds. The van der Waals surface area contributed by atoms with E-state index in [1.54, 1.807) is 113 Å². The number of piperidine rings is 3. The first-order valence-electron chi connectivity index (χ1n) is 34.2. The number of ether oxygens (including phenoxy) is 3. The molecule has 3 saturated heterocycles. The molecule has 3 aromatic heterocycles. The van der Waals surface area contributed by atoms with E-state index in [0.717, 1.165) is 31.4 Å². The highest BCUT2D eigenvalue weighted by molar-refractivity contribution is 6.40. The Hall–Kier alpha value is -9.64. The highest BCUT2D eigenvalue weighted by Crippen LogP contribution is 2.38. The maximum absolute atomic E-state index is 14.0. The van der Waals surface area contributed by atoms with Gasteiger partial charge in [-0.3, -0.25) is 39.9 Å². The summed E-state index contributed by atoms with van der Waals surface area (Å²) in [7, 11) is 0. The first kappa shape index (κ1) is 90.7. The first-order chi connectivity index (χ1) is 49.4. The van der Waals surface area contributed by atoms with E-state index >= 15 is 0 Å². The summed E-state index contributed by atoms with van der Waals surface area (Å²) in [6.45, 7) is 28.7. The molecule has 8 N–H and O–H groups in total. The number of carbonyl (C=O) groups excluding carboxylic acids is 8. The van der Waals surface area contributed by atoms with Crippen LogP contribution in [0, 0.1) is 56.0 Å². The lowest BCUT2D eigenvalue weighted by Crippen LogP contribution is -2.46. The number of anilines is 6.